The van der Waals surface area contributed by atoms with Crippen LogP contribution in [-0.4, -0.2) is 11.1 Å². The van der Waals surface area contributed by atoms with E-state index in [-0.39, 0.29) is 22.9 Å². The summed E-state index contributed by atoms with van der Waals surface area (Å²) < 4.78 is 0. The van der Waals surface area contributed by atoms with Crippen molar-refractivity contribution in [2.75, 3.05) is 5.33 Å². The summed E-state index contributed by atoms with van der Waals surface area (Å²) in [5.74, 6) is 0.146. The van der Waals surface area contributed by atoms with Gasteiger partial charge in [0.2, 0.25) is 0 Å². The Balaban J connectivity index is 0.000000316. The Kier molecular flexibility index (Phi) is 8.15. The van der Waals surface area contributed by atoms with Crippen LogP contribution in [0.3, 0.4) is 0 Å². The molecule has 1 nitrogen and oxygen atoms in total. The van der Waals surface area contributed by atoms with Gasteiger partial charge in [0.05, 0.1) is 5.33 Å². The number of hydrogen-bond donors (Lipinski definition) is 0. The molecule has 0 saturated carbocycles. The first-order valence-corrected chi connectivity index (χ1v) is 6.26. The first kappa shape index (κ1) is 16.4. The van der Waals surface area contributed by atoms with E-state index < -0.39 is 0 Å². The molecule has 3 heteroatoms. The first-order valence-electron chi connectivity index (χ1n) is 5.14. The van der Waals surface area contributed by atoms with Crippen molar-refractivity contribution in [1.29, 1.82) is 0 Å². The van der Waals surface area contributed by atoms with Crippen molar-refractivity contribution in [3.8, 4) is 0 Å². The van der Waals surface area contributed by atoms with Crippen LogP contribution in [-0.2, 0) is 17.1 Å². The van der Waals surface area contributed by atoms with E-state index in [4.69, 9.17) is 0 Å². The fourth-order valence-electron chi connectivity index (χ4n) is 1.28. The largest absolute Gasteiger partial charge is 2.00 e. The SMILES string of the molecule is C[c-]1ccc(C(=O)CBr)c1.C[c-]1cccc1.[Fe+2]. The smallest absolute Gasteiger partial charge is 0.309 e. The van der Waals surface area contributed by atoms with Crippen molar-refractivity contribution in [2.45, 2.75) is 13.8 Å². The molecular formula is C14H15BrFeO. The molecule has 0 unspecified atom stereocenters. The van der Waals surface area contributed by atoms with Crippen molar-refractivity contribution in [3.05, 3.63) is 59.2 Å². The molecule has 2 aromatic rings. The van der Waals surface area contributed by atoms with Crippen LogP contribution in [0.25, 0.3) is 0 Å². The van der Waals surface area contributed by atoms with Gasteiger partial charge in [0, 0.05) is 0 Å². The zero-order valence-corrected chi connectivity index (χ0v) is 12.6. The van der Waals surface area contributed by atoms with Gasteiger partial charge in [0.25, 0.3) is 0 Å². The van der Waals surface area contributed by atoms with Gasteiger partial charge in [-0.2, -0.15) is 35.4 Å². The second-order valence-corrected chi connectivity index (χ2v) is 4.26. The number of carbonyl (C=O) groups is 1. The first-order chi connectivity index (χ1) is 7.63. The van der Waals surface area contributed by atoms with Crippen molar-refractivity contribution < 1.29 is 21.9 Å². The number of carbonyl (C=O) groups excluding carboxylic acids is 1. The van der Waals surface area contributed by atoms with Gasteiger partial charge < -0.3 is 4.79 Å². The Morgan fingerprint density at radius 2 is 1.76 bits per heavy atom. The number of halogens is 1. The Morgan fingerprint density at radius 1 is 1.18 bits per heavy atom. The molecule has 0 aromatic heterocycles. The molecule has 0 N–H and O–H groups in total. The Morgan fingerprint density at radius 3 is 2.06 bits per heavy atom. The van der Waals surface area contributed by atoms with Crippen LogP contribution in [0.2, 0.25) is 0 Å². The predicted molar refractivity (Wildman–Crippen MR) is 71.7 cm³/mol. The molecule has 2 rings (SSSR count). The van der Waals surface area contributed by atoms with Crippen LogP contribution >= 0.6 is 15.9 Å². The van der Waals surface area contributed by atoms with Gasteiger partial charge >= 0.3 is 17.1 Å². The summed E-state index contributed by atoms with van der Waals surface area (Å²) in [5, 5.41) is 0.413. The predicted octanol–water partition coefficient (Wildman–Crippen LogP) is 4.00. The minimum Gasteiger partial charge on any atom is -0.309 e. The number of Topliss-reactive ketones (excluding diaryl/α,β-unsaturated/α-hetero) is 1. The molecule has 0 aliphatic heterocycles. The van der Waals surface area contributed by atoms with Crippen LogP contribution in [0.1, 0.15) is 21.5 Å². The number of hydrogen-bond acceptors (Lipinski definition) is 1. The number of ketones is 1. The van der Waals surface area contributed by atoms with E-state index in [1.54, 1.807) is 0 Å². The third-order valence-electron chi connectivity index (χ3n) is 2.18. The maximum atomic E-state index is 11.0. The number of rotatable bonds is 2. The molecule has 92 valence electrons. The van der Waals surface area contributed by atoms with E-state index in [0.29, 0.717) is 5.33 Å². The molecule has 0 aliphatic carbocycles. The normalized spacial score (nSPS) is 8.88. The monoisotopic (exact) mass is 334 g/mol. The average molecular weight is 335 g/mol. The van der Waals surface area contributed by atoms with Gasteiger partial charge in [-0.15, -0.1) is 5.56 Å². The summed E-state index contributed by atoms with van der Waals surface area (Å²) >= 11 is 3.11. The zero-order chi connectivity index (χ0) is 12.0. The quantitative estimate of drug-likeness (QED) is 0.351. The summed E-state index contributed by atoms with van der Waals surface area (Å²) in [5.41, 5.74) is 3.29. The Hall–Kier alpha value is -0.631. The molecule has 0 saturated heterocycles. The topological polar surface area (TPSA) is 17.1 Å². The van der Waals surface area contributed by atoms with Gasteiger partial charge in [-0.25, -0.2) is 18.2 Å². The molecule has 17 heavy (non-hydrogen) atoms. The van der Waals surface area contributed by atoms with Gasteiger partial charge in [-0.3, -0.25) is 0 Å². The van der Waals surface area contributed by atoms with Crippen LogP contribution < -0.4 is 0 Å². The van der Waals surface area contributed by atoms with Crippen LogP contribution in [0.5, 0.6) is 0 Å². The molecule has 0 atom stereocenters. The van der Waals surface area contributed by atoms with Crippen molar-refractivity contribution in [3.63, 3.8) is 0 Å². The molecule has 2 aromatic carbocycles. The molecule has 0 radical (unpaired) electrons. The van der Waals surface area contributed by atoms with E-state index in [2.05, 4.69) is 35.0 Å². The van der Waals surface area contributed by atoms with E-state index >= 15 is 0 Å². The third kappa shape index (κ3) is 6.02. The summed E-state index contributed by atoms with van der Waals surface area (Å²) in [6, 6.07) is 13.9. The zero-order valence-electron chi connectivity index (χ0n) is 9.89. The third-order valence-corrected chi connectivity index (χ3v) is 2.69. The number of aryl methyl sites for hydroxylation is 2. The molecule has 0 fully saturated rings. The maximum Gasteiger partial charge on any atom is 2.00 e. The van der Waals surface area contributed by atoms with Crippen molar-refractivity contribution in [1.82, 2.24) is 0 Å². The van der Waals surface area contributed by atoms with Gasteiger partial charge in [0.15, 0.2) is 0 Å². The second-order valence-electron chi connectivity index (χ2n) is 3.70. The second kappa shape index (κ2) is 8.46. The summed E-state index contributed by atoms with van der Waals surface area (Å²) in [6.07, 6.45) is 0. The van der Waals surface area contributed by atoms with Gasteiger partial charge in [0.1, 0.15) is 5.78 Å². The van der Waals surface area contributed by atoms with Crippen molar-refractivity contribution in [2.24, 2.45) is 0 Å². The molecule has 0 bridgehead atoms. The minimum atomic E-state index is 0. The maximum absolute atomic E-state index is 11.0. The van der Waals surface area contributed by atoms with Crippen LogP contribution in [0.15, 0.2) is 42.5 Å². The van der Waals surface area contributed by atoms with Gasteiger partial charge in [-0.05, 0) is 0 Å². The van der Waals surface area contributed by atoms with E-state index in [0.717, 1.165) is 11.1 Å². The molecular weight excluding hydrogens is 320 g/mol. The Bertz CT molecular complexity index is 429. The number of alkyl halides is 1. The van der Waals surface area contributed by atoms with E-state index in [1.165, 1.54) is 5.56 Å². The van der Waals surface area contributed by atoms with Crippen molar-refractivity contribution >= 4 is 21.7 Å². The average Bonchev–Trinajstić information content (AvgIpc) is 2.89. The summed E-state index contributed by atoms with van der Waals surface area (Å²) in [4.78, 5) is 11.0. The molecule has 0 aliphatic rings. The van der Waals surface area contributed by atoms with Gasteiger partial charge in [-0.1, -0.05) is 29.8 Å². The molecule has 0 amide bonds. The minimum absolute atomic E-state index is 0. The fraction of sp³-hybridized carbons (Fsp3) is 0.214. The van der Waals surface area contributed by atoms with Crippen LogP contribution in [0.4, 0.5) is 0 Å². The van der Waals surface area contributed by atoms with Crippen LogP contribution in [0, 0.1) is 13.8 Å². The molecule has 0 spiro atoms. The fourth-order valence-corrected chi connectivity index (χ4v) is 1.61. The van der Waals surface area contributed by atoms with E-state index in [9.17, 15) is 4.79 Å². The Labute approximate surface area is 122 Å². The van der Waals surface area contributed by atoms with E-state index in [1.807, 2.05) is 37.3 Å². The summed E-state index contributed by atoms with van der Waals surface area (Å²) in [7, 11) is 0. The molecule has 0 heterocycles. The standard InChI is InChI=1S/C8H8BrO.C6H7.Fe/c1-6-2-3-7(4-6)8(10)5-9;1-6-4-2-3-5-6;/h2-4H,5H2,1H3;2-5H,1H3;/q2*-1;+2. The summed E-state index contributed by atoms with van der Waals surface area (Å²) in [6.45, 7) is 4.06.